The van der Waals surface area contributed by atoms with Crippen LogP contribution in [-0.4, -0.2) is 6.04 Å². The first-order valence-electron chi connectivity index (χ1n) is 5.05. The summed E-state index contributed by atoms with van der Waals surface area (Å²) in [5.74, 6) is 0. The molecule has 0 spiro atoms. The lowest BCUT2D eigenvalue weighted by molar-refractivity contribution is 0.666. The molecule has 1 aromatic carbocycles. The third-order valence-electron chi connectivity index (χ3n) is 2.29. The van der Waals surface area contributed by atoms with Crippen molar-refractivity contribution in [1.29, 1.82) is 0 Å². The van der Waals surface area contributed by atoms with Crippen molar-refractivity contribution >= 4 is 0 Å². The van der Waals surface area contributed by atoms with E-state index in [1.807, 2.05) is 0 Å². The van der Waals surface area contributed by atoms with Gasteiger partial charge in [-0.1, -0.05) is 31.2 Å². The Kier molecular flexibility index (Phi) is 3.97. The lowest BCUT2D eigenvalue weighted by atomic mass is 10.0. The fraction of sp³-hybridized carbons (Fsp3) is 0.500. The Hall–Kier alpha value is -0.820. The summed E-state index contributed by atoms with van der Waals surface area (Å²) < 4.78 is 0. The summed E-state index contributed by atoms with van der Waals surface area (Å²) >= 11 is 0. The number of hydrogen-bond acceptors (Lipinski definition) is 1. The van der Waals surface area contributed by atoms with Crippen LogP contribution in [0.4, 0.5) is 0 Å². The van der Waals surface area contributed by atoms with E-state index in [1.165, 1.54) is 11.1 Å². The first-order chi connectivity index (χ1) is 6.22. The third kappa shape index (κ3) is 3.60. The van der Waals surface area contributed by atoms with Gasteiger partial charge in [0.05, 0.1) is 0 Å². The minimum absolute atomic E-state index is 0.310. The maximum atomic E-state index is 5.71. The summed E-state index contributed by atoms with van der Waals surface area (Å²) in [5.41, 5.74) is 8.54. The van der Waals surface area contributed by atoms with E-state index >= 15 is 0 Å². The predicted molar refractivity (Wildman–Crippen MR) is 57.8 cm³/mol. The predicted octanol–water partition coefficient (Wildman–Crippen LogP) is 2.53. The standard InChI is InChI=1S/C12H19N/c1-3-11-5-4-6-12(9-11)8-7-10(2)13/h4-6,9-10H,3,7-8,13H2,1-2H3. The van der Waals surface area contributed by atoms with E-state index in [4.69, 9.17) is 5.73 Å². The average Bonchev–Trinajstić information content (AvgIpc) is 2.15. The number of hydrogen-bond donors (Lipinski definition) is 1. The van der Waals surface area contributed by atoms with Crippen molar-refractivity contribution in [1.82, 2.24) is 0 Å². The quantitative estimate of drug-likeness (QED) is 0.751. The molecule has 1 aromatic rings. The molecule has 0 radical (unpaired) electrons. The van der Waals surface area contributed by atoms with Gasteiger partial charge in [0.1, 0.15) is 0 Å². The maximum absolute atomic E-state index is 5.71. The first-order valence-corrected chi connectivity index (χ1v) is 5.05. The summed E-state index contributed by atoms with van der Waals surface area (Å²) in [7, 11) is 0. The van der Waals surface area contributed by atoms with Crippen LogP contribution in [-0.2, 0) is 12.8 Å². The molecule has 0 bridgehead atoms. The topological polar surface area (TPSA) is 26.0 Å². The lowest BCUT2D eigenvalue weighted by Gasteiger charge is -2.06. The molecule has 0 fully saturated rings. The zero-order valence-electron chi connectivity index (χ0n) is 8.59. The molecule has 1 unspecified atom stereocenters. The molecule has 0 saturated carbocycles. The third-order valence-corrected chi connectivity index (χ3v) is 2.29. The van der Waals surface area contributed by atoms with E-state index in [0.29, 0.717) is 6.04 Å². The number of rotatable bonds is 4. The number of nitrogens with two attached hydrogens (primary N) is 1. The molecule has 0 saturated heterocycles. The highest BCUT2D eigenvalue weighted by molar-refractivity contribution is 5.23. The minimum Gasteiger partial charge on any atom is -0.328 e. The Morgan fingerprint density at radius 2 is 2.00 bits per heavy atom. The molecule has 1 atom stereocenters. The highest BCUT2D eigenvalue weighted by Gasteiger charge is 1.97. The van der Waals surface area contributed by atoms with Crippen molar-refractivity contribution < 1.29 is 0 Å². The second kappa shape index (κ2) is 5.03. The summed E-state index contributed by atoms with van der Waals surface area (Å²) in [4.78, 5) is 0. The van der Waals surface area contributed by atoms with Gasteiger partial charge < -0.3 is 5.73 Å². The van der Waals surface area contributed by atoms with E-state index < -0.39 is 0 Å². The van der Waals surface area contributed by atoms with Crippen LogP contribution in [0.1, 0.15) is 31.4 Å². The van der Waals surface area contributed by atoms with Crippen LogP contribution in [0.25, 0.3) is 0 Å². The van der Waals surface area contributed by atoms with Gasteiger partial charge >= 0.3 is 0 Å². The van der Waals surface area contributed by atoms with Crippen LogP contribution in [0, 0.1) is 0 Å². The fourth-order valence-corrected chi connectivity index (χ4v) is 1.40. The van der Waals surface area contributed by atoms with Crippen LogP contribution in [0.2, 0.25) is 0 Å². The van der Waals surface area contributed by atoms with Gasteiger partial charge in [-0.25, -0.2) is 0 Å². The normalized spacial score (nSPS) is 12.8. The van der Waals surface area contributed by atoms with E-state index in [0.717, 1.165) is 19.3 Å². The summed E-state index contributed by atoms with van der Waals surface area (Å²) in [6.07, 6.45) is 3.30. The van der Waals surface area contributed by atoms with Crippen LogP contribution >= 0.6 is 0 Å². The lowest BCUT2D eigenvalue weighted by Crippen LogP contribution is -2.15. The van der Waals surface area contributed by atoms with Crippen molar-refractivity contribution in [3.8, 4) is 0 Å². The monoisotopic (exact) mass is 177 g/mol. The number of benzene rings is 1. The van der Waals surface area contributed by atoms with Gasteiger partial charge in [0.25, 0.3) is 0 Å². The molecular formula is C12H19N. The van der Waals surface area contributed by atoms with Gasteiger partial charge in [-0.2, -0.15) is 0 Å². The van der Waals surface area contributed by atoms with E-state index in [2.05, 4.69) is 38.1 Å². The highest BCUT2D eigenvalue weighted by Crippen LogP contribution is 2.08. The Balaban J connectivity index is 2.56. The Morgan fingerprint density at radius 1 is 1.31 bits per heavy atom. The van der Waals surface area contributed by atoms with Crippen molar-refractivity contribution in [2.24, 2.45) is 5.73 Å². The van der Waals surface area contributed by atoms with E-state index in [9.17, 15) is 0 Å². The van der Waals surface area contributed by atoms with Gasteiger partial charge in [-0.15, -0.1) is 0 Å². The summed E-state index contributed by atoms with van der Waals surface area (Å²) in [6, 6.07) is 9.08. The molecule has 0 aromatic heterocycles. The van der Waals surface area contributed by atoms with Crippen molar-refractivity contribution in [2.45, 2.75) is 39.2 Å². The van der Waals surface area contributed by atoms with Crippen molar-refractivity contribution in [3.05, 3.63) is 35.4 Å². The zero-order chi connectivity index (χ0) is 9.68. The van der Waals surface area contributed by atoms with Crippen molar-refractivity contribution in [3.63, 3.8) is 0 Å². The molecule has 72 valence electrons. The Labute approximate surface area is 81.0 Å². The molecule has 2 N–H and O–H groups in total. The van der Waals surface area contributed by atoms with Gasteiger partial charge in [0, 0.05) is 6.04 Å². The second-order valence-corrected chi connectivity index (χ2v) is 3.69. The molecule has 13 heavy (non-hydrogen) atoms. The molecule has 0 aliphatic carbocycles. The SMILES string of the molecule is CCc1cccc(CCC(C)N)c1. The van der Waals surface area contributed by atoms with Gasteiger partial charge in [0.2, 0.25) is 0 Å². The zero-order valence-corrected chi connectivity index (χ0v) is 8.59. The molecule has 1 heteroatoms. The molecule has 0 aliphatic rings. The highest BCUT2D eigenvalue weighted by atomic mass is 14.6. The smallest absolute Gasteiger partial charge is 0.00136 e. The molecule has 1 nitrogen and oxygen atoms in total. The fourth-order valence-electron chi connectivity index (χ4n) is 1.40. The molecule has 0 amide bonds. The Bertz CT molecular complexity index is 253. The van der Waals surface area contributed by atoms with Gasteiger partial charge in [-0.05, 0) is 37.3 Å². The molecule has 0 aliphatic heterocycles. The van der Waals surface area contributed by atoms with Crippen LogP contribution in [0.5, 0.6) is 0 Å². The van der Waals surface area contributed by atoms with Crippen LogP contribution in [0.3, 0.4) is 0 Å². The van der Waals surface area contributed by atoms with Crippen LogP contribution < -0.4 is 5.73 Å². The Morgan fingerprint density at radius 3 is 2.62 bits per heavy atom. The van der Waals surface area contributed by atoms with Crippen molar-refractivity contribution in [2.75, 3.05) is 0 Å². The molecule has 1 rings (SSSR count). The largest absolute Gasteiger partial charge is 0.328 e. The molecular weight excluding hydrogens is 158 g/mol. The number of aryl methyl sites for hydroxylation is 2. The van der Waals surface area contributed by atoms with E-state index in [-0.39, 0.29) is 0 Å². The first kappa shape index (κ1) is 10.3. The van der Waals surface area contributed by atoms with Gasteiger partial charge in [-0.3, -0.25) is 0 Å². The molecule has 0 heterocycles. The van der Waals surface area contributed by atoms with Crippen LogP contribution in [0.15, 0.2) is 24.3 Å². The second-order valence-electron chi connectivity index (χ2n) is 3.69. The van der Waals surface area contributed by atoms with E-state index in [1.54, 1.807) is 0 Å². The maximum Gasteiger partial charge on any atom is 0.00136 e. The summed E-state index contributed by atoms with van der Waals surface area (Å²) in [6.45, 7) is 4.24. The van der Waals surface area contributed by atoms with Gasteiger partial charge in [0.15, 0.2) is 0 Å². The minimum atomic E-state index is 0.310. The average molecular weight is 177 g/mol. The summed E-state index contributed by atoms with van der Waals surface area (Å²) in [5, 5.41) is 0.